The second-order valence-corrected chi connectivity index (χ2v) is 2.57. The molecule has 0 aliphatic rings. The number of nitrogens with one attached hydrogen (secondary N) is 1. The van der Waals surface area contributed by atoms with Gasteiger partial charge in [0.25, 0.3) is 0 Å². The van der Waals surface area contributed by atoms with E-state index in [1.54, 1.807) is 0 Å². The monoisotopic (exact) mass is 315 g/mol. The van der Waals surface area contributed by atoms with Crippen molar-refractivity contribution in [1.29, 1.82) is 0 Å². The summed E-state index contributed by atoms with van der Waals surface area (Å²) in [6.07, 6.45) is -1.06. The molecule has 0 heterocycles. The van der Waals surface area contributed by atoms with Gasteiger partial charge in [0.1, 0.15) is 6.10 Å². The summed E-state index contributed by atoms with van der Waals surface area (Å²) in [5, 5.41) is 17.9. The topological polar surface area (TPSA) is 78.8 Å². The predicted molar refractivity (Wildman–Crippen MR) is 61.4 cm³/mol. The molecule has 1 amide bonds. The molecule has 0 aromatic carbocycles. The van der Waals surface area contributed by atoms with Crippen molar-refractivity contribution in [3.8, 4) is 9.85 Å². The van der Waals surface area contributed by atoms with E-state index in [0.717, 1.165) is 0 Å². The van der Waals surface area contributed by atoms with Gasteiger partial charge in [-0.25, -0.2) is 4.79 Å². The number of halogens is 1. The molecule has 0 rings (SSSR count). The number of hydrogen-bond donors (Lipinski definition) is 3. The van der Waals surface area contributed by atoms with Gasteiger partial charge in [0.15, 0.2) is 0 Å². The molecule has 1 unspecified atom stereocenters. The number of amides is 1. The van der Waals surface area contributed by atoms with E-state index in [2.05, 4.69) is 9.85 Å². The van der Waals surface area contributed by atoms with Gasteiger partial charge in [0.2, 0.25) is 0 Å². The molecule has 14 heavy (non-hydrogen) atoms. The van der Waals surface area contributed by atoms with Gasteiger partial charge in [-0.15, -0.1) is 0 Å². The maximum absolute atomic E-state index is 9.26. The number of ether oxygens (including phenoxy) is 1. The molecule has 0 aromatic heterocycles. The summed E-state index contributed by atoms with van der Waals surface area (Å²) < 4.78 is 7.69. The van der Waals surface area contributed by atoms with Crippen molar-refractivity contribution >= 4 is 28.7 Å². The minimum atomic E-state index is -0.995. The summed E-state index contributed by atoms with van der Waals surface area (Å²) in [6, 6.07) is 0. The largest absolute Gasteiger partial charge is 0.465 e. The van der Waals surface area contributed by atoms with Crippen molar-refractivity contribution in [3.63, 3.8) is 0 Å². The number of aliphatic hydroxyl groups is 1. The summed E-state index contributed by atoms with van der Waals surface area (Å²) in [5.41, 5.74) is 0. The summed E-state index contributed by atoms with van der Waals surface area (Å²) in [4.78, 5) is 9.26. The van der Waals surface area contributed by atoms with Crippen LogP contribution >= 0.6 is 22.6 Å². The van der Waals surface area contributed by atoms with Crippen molar-refractivity contribution < 1.29 is 19.7 Å². The third-order valence-electron chi connectivity index (χ3n) is 0.931. The van der Waals surface area contributed by atoms with Crippen molar-refractivity contribution in [3.05, 3.63) is 0 Å². The third kappa shape index (κ3) is 17.5. The minimum absolute atomic E-state index is 0.0611. The van der Waals surface area contributed by atoms with Gasteiger partial charge in [-0.3, -0.25) is 0 Å². The first kappa shape index (κ1) is 15.9. The summed E-state index contributed by atoms with van der Waals surface area (Å²) >= 11 is 1.95. The van der Waals surface area contributed by atoms with Crippen molar-refractivity contribution in [2.75, 3.05) is 20.3 Å². The van der Waals surface area contributed by atoms with E-state index in [1.807, 2.05) is 34.8 Å². The second-order valence-electron chi connectivity index (χ2n) is 2.03. The highest BCUT2D eigenvalue weighted by Gasteiger charge is 1.92. The molecule has 3 N–H and O–H groups in total. The lowest BCUT2D eigenvalue weighted by Crippen LogP contribution is -2.13. The zero-order valence-electron chi connectivity index (χ0n) is 8.08. The Morgan fingerprint density at radius 1 is 1.71 bits per heavy atom. The maximum atomic E-state index is 9.26. The highest BCUT2D eigenvalue weighted by atomic mass is 127. The van der Waals surface area contributed by atoms with Gasteiger partial charge in [0, 0.05) is 29.6 Å². The number of rotatable bonds is 3. The molecule has 0 radical (unpaired) electrons. The van der Waals surface area contributed by atoms with Gasteiger partial charge < -0.3 is 20.3 Å². The molecule has 6 heteroatoms. The van der Waals surface area contributed by atoms with Crippen LogP contribution in [0.3, 0.4) is 0 Å². The van der Waals surface area contributed by atoms with Crippen LogP contribution in [0.25, 0.3) is 0 Å². The van der Waals surface area contributed by atoms with Gasteiger partial charge in [-0.05, 0) is 10.9 Å². The van der Waals surface area contributed by atoms with Crippen LogP contribution in [0.1, 0.15) is 6.92 Å². The van der Waals surface area contributed by atoms with Crippen LogP contribution in [0.4, 0.5) is 4.79 Å². The molecule has 82 valence electrons. The minimum Gasteiger partial charge on any atom is -0.465 e. The molecule has 0 bridgehead atoms. The molecule has 0 fully saturated rings. The Bertz CT molecular complexity index is 199. The first-order valence-electron chi connectivity index (χ1n) is 3.82. The predicted octanol–water partition coefficient (Wildman–Crippen LogP) is 0.663. The van der Waals surface area contributed by atoms with Gasteiger partial charge in [-0.1, -0.05) is 5.92 Å². The normalized spacial score (nSPS) is 10.0. The Kier molecular flexibility index (Phi) is 14.2. The van der Waals surface area contributed by atoms with Crippen LogP contribution in [0.5, 0.6) is 0 Å². The van der Waals surface area contributed by atoms with Crippen LogP contribution in [0, 0.1) is 9.85 Å². The molecule has 0 aliphatic carbocycles. The van der Waals surface area contributed by atoms with E-state index < -0.39 is 6.09 Å². The fourth-order valence-corrected chi connectivity index (χ4v) is 0.787. The Morgan fingerprint density at radius 2 is 2.21 bits per heavy atom. The Labute approximate surface area is 97.0 Å². The smallest absolute Gasteiger partial charge is 0.404 e. The number of carboxylic acid groups (broad SMARTS) is 1. The number of aliphatic hydroxyl groups excluding tert-OH is 1. The van der Waals surface area contributed by atoms with E-state index in [9.17, 15) is 4.79 Å². The van der Waals surface area contributed by atoms with Crippen LogP contribution in [0.2, 0.25) is 0 Å². The van der Waals surface area contributed by atoms with Crippen molar-refractivity contribution in [1.82, 2.24) is 5.32 Å². The van der Waals surface area contributed by atoms with Crippen LogP contribution in [-0.4, -0.2) is 42.7 Å². The van der Waals surface area contributed by atoms with E-state index >= 15 is 0 Å². The zero-order chi connectivity index (χ0) is 11.4. The lowest BCUT2D eigenvalue weighted by Gasteiger charge is -2.02. The van der Waals surface area contributed by atoms with Crippen molar-refractivity contribution in [2.24, 2.45) is 0 Å². The van der Waals surface area contributed by atoms with Crippen LogP contribution in [-0.2, 0) is 4.74 Å². The summed E-state index contributed by atoms with van der Waals surface area (Å²) in [7, 11) is 1.35. The van der Waals surface area contributed by atoms with Gasteiger partial charge in [0.05, 0.1) is 13.2 Å². The SMILES string of the molecule is CC(C#CI)OCCO.CNC(=O)O. The van der Waals surface area contributed by atoms with Crippen molar-refractivity contribution in [2.45, 2.75) is 13.0 Å². The standard InChI is InChI=1S/C6H9IO2.C2H5NO2/c1-6(2-3-7)9-5-4-8;1-3-2(4)5/h6,8H,4-5H2,1H3;3H,1H3,(H,4,5). The maximum Gasteiger partial charge on any atom is 0.404 e. The molecule has 0 aliphatic heterocycles. The Morgan fingerprint density at radius 3 is 2.50 bits per heavy atom. The summed E-state index contributed by atoms with van der Waals surface area (Å²) in [6.45, 7) is 2.28. The Balaban J connectivity index is 0. The lowest BCUT2D eigenvalue weighted by molar-refractivity contribution is 0.0688. The Hall–Kier alpha value is -0.520. The zero-order valence-corrected chi connectivity index (χ0v) is 10.2. The first-order chi connectivity index (χ1) is 6.58. The average Bonchev–Trinajstić information content (AvgIpc) is 2.16. The fourth-order valence-electron chi connectivity index (χ4n) is 0.348. The van der Waals surface area contributed by atoms with E-state index in [1.165, 1.54) is 7.05 Å². The molecular weight excluding hydrogens is 301 g/mol. The van der Waals surface area contributed by atoms with E-state index in [4.69, 9.17) is 14.9 Å². The molecule has 0 saturated heterocycles. The third-order valence-corrected chi connectivity index (χ3v) is 1.24. The van der Waals surface area contributed by atoms with Gasteiger partial charge >= 0.3 is 6.09 Å². The summed E-state index contributed by atoms with van der Waals surface area (Å²) in [5.74, 6) is 2.78. The first-order valence-corrected chi connectivity index (χ1v) is 4.90. The number of hydrogen-bond acceptors (Lipinski definition) is 3. The lowest BCUT2D eigenvalue weighted by atomic mass is 10.4. The van der Waals surface area contributed by atoms with E-state index in [-0.39, 0.29) is 12.7 Å². The molecule has 5 nitrogen and oxygen atoms in total. The van der Waals surface area contributed by atoms with Gasteiger partial charge in [-0.2, -0.15) is 0 Å². The molecule has 0 saturated carbocycles. The fraction of sp³-hybridized carbons (Fsp3) is 0.625. The average molecular weight is 315 g/mol. The number of carbonyl (C=O) groups is 1. The molecule has 0 aromatic rings. The molecular formula is C8H14INO4. The highest BCUT2D eigenvalue weighted by molar-refractivity contribution is 14.1. The van der Waals surface area contributed by atoms with Crippen LogP contribution < -0.4 is 5.32 Å². The quantitative estimate of drug-likeness (QED) is 0.528. The molecule has 1 atom stereocenters. The second kappa shape index (κ2) is 12.5. The highest BCUT2D eigenvalue weighted by Crippen LogP contribution is 1.87. The molecule has 0 spiro atoms. The van der Waals surface area contributed by atoms with Crippen LogP contribution in [0.15, 0.2) is 0 Å². The van der Waals surface area contributed by atoms with E-state index in [0.29, 0.717) is 6.61 Å².